The normalized spacial score (nSPS) is 24.8. The van der Waals surface area contributed by atoms with Gasteiger partial charge in [0.05, 0.1) is 6.54 Å². The molecule has 2 N–H and O–H groups in total. The van der Waals surface area contributed by atoms with Crippen molar-refractivity contribution in [2.75, 3.05) is 46.9 Å². The summed E-state index contributed by atoms with van der Waals surface area (Å²) in [5, 5.41) is 0. The van der Waals surface area contributed by atoms with Gasteiger partial charge in [-0.25, -0.2) is 0 Å². The molecule has 110 valence electrons. The smallest absolute Gasteiger partial charge is 0.191 e. The third kappa shape index (κ3) is 3.60. The number of guanidine groups is 1. The predicted molar refractivity (Wildman–Crippen MR) is 78.4 cm³/mol. The van der Waals surface area contributed by atoms with Crippen molar-refractivity contribution in [3.8, 4) is 0 Å². The Labute approximate surface area is 116 Å². The van der Waals surface area contributed by atoms with Gasteiger partial charge >= 0.3 is 0 Å². The minimum atomic E-state index is 0.124. The van der Waals surface area contributed by atoms with Gasteiger partial charge in [-0.2, -0.15) is 0 Å². The first kappa shape index (κ1) is 14.6. The highest BCUT2D eigenvalue weighted by molar-refractivity contribution is 5.78. The van der Waals surface area contributed by atoms with E-state index in [0.717, 1.165) is 51.6 Å². The van der Waals surface area contributed by atoms with E-state index in [1.54, 1.807) is 0 Å². The Morgan fingerprint density at radius 1 is 1.21 bits per heavy atom. The third-order valence-corrected chi connectivity index (χ3v) is 4.59. The third-order valence-electron chi connectivity index (χ3n) is 4.59. The fourth-order valence-corrected chi connectivity index (χ4v) is 2.95. The van der Waals surface area contributed by atoms with E-state index in [0.29, 0.717) is 0 Å². The SMILES string of the molecule is CN(C)C1(CN=C(N)N2CCCCC2)CCOCC1. The van der Waals surface area contributed by atoms with Crippen molar-refractivity contribution in [3.05, 3.63) is 0 Å². The Morgan fingerprint density at radius 2 is 1.84 bits per heavy atom. The highest BCUT2D eigenvalue weighted by Gasteiger charge is 2.34. The molecule has 0 unspecified atom stereocenters. The van der Waals surface area contributed by atoms with Crippen LogP contribution in [0.2, 0.25) is 0 Å². The fourth-order valence-electron chi connectivity index (χ4n) is 2.95. The van der Waals surface area contributed by atoms with E-state index in [1.807, 2.05) is 0 Å². The summed E-state index contributed by atoms with van der Waals surface area (Å²) in [4.78, 5) is 9.21. The maximum Gasteiger partial charge on any atom is 0.191 e. The summed E-state index contributed by atoms with van der Waals surface area (Å²) in [6.07, 6.45) is 5.88. The summed E-state index contributed by atoms with van der Waals surface area (Å²) in [5.41, 5.74) is 6.27. The zero-order chi connectivity index (χ0) is 13.7. The van der Waals surface area contributed by atoms with E-state index >= 15 is 0 Å². The minimum Gasteiger partial charge on any atom is -0.381 e. The van der Waals surface area contributed by atoms with E-state index in [9.17, 15) is 0 Å². The zero-order valence-electron chi connectivity index (χ0n) is 12.4. The van der Waals surface area contributed by atoms with Crippen molar-refractivity contribution in [2.24, 2.45) is 10.7 Å². The number of nitrogens with two attached hydrogens (primary N) is 1. The Kier molecular flexibility index (Phi) is 5.05. The molecule has 0 aliphatic carbocycles. The van der Waals surface area contributed by atoms with Gasteiger partial charge in [-0.05, 0) is 46.2 Å². The van der Waals surface area contributed by atoms with Crippen LogP contribution < -0.4 is 5.73 Å². The molecule has 2 fully saturated rings. The first-order chi connectivity index (χ1) is 9.14. The number of nitrogens with zero attached hydrogens (tertiary/aromatic N) is 3. The molecule has 2 heterocycles. The van der Waals surface area contributed by atoms with E-state index in [1.165, 1.54) is 19.3 Å². The van der Waals surface area contributed by atoms with Crippen molar-refractivity contribution < 1.29 is 4.74 Å². The van der Waals surface area contributed by atoms with Gasteiger partial charge < -0.3 is 20.3 Å². The molecule has 0 saturated carbocycles. The van der Waals surface area contributed by atoms with Crippen LogP contribution in [-0.2, 0) is 4.74 Å². The lowest BCUT2D eigenvalue weighted by molar-refractivity contribution is -0.00262. The molecule has 0 spiro atoms. The van der Waals surface area contributed by atoms with Crippen LogP contribution in [0.15, 0.2) is 4.99 Å². The molecule has 0 bridgehead atoms. The fraction of sp³-hybridized carbons (Fsp3) is 0.929. The first-order valence-corrected chi connectivity index (χ1v) is 7.44. The van der Waals surface area contributed by atoms with Crippen LogP contribution in [0.4, 0.5) is 0 Å². The molecule has 2 saturated heterocycles. The quantitative estimate of drug-likeness (QED) is 0.610. The Balaban J connectivity index is 1.96. The lowest BCUT2D eigenvalue weighted by Gasteiger charge is -2.42. The van der Waals surface area contributed by atoms with Crippen molar-refractivity contribution in [1.29, 1.82) is 0 Å². The molecule has 0 aromatic heterocycles. The Morgan fingerprint density at radius 3 is 2.42 bits per heavy atom. The number of likely N-dealkylation sites (tertiary alicyclic amines) is 1. The molecule has 2 aliphatic rings. The highest BCUT2D eigenvalue weighted by Crippen LogP contribution is 2.26. The summed E-state index contributed by atoms with van der Waals surface area (Å²) in [5.74, 6) is 0.729. The van der Waals surface area contributed by atoms with Crippen molar-refractivity contribution in [2.45, 2.75) is 37.6 Å². The van der Waals surface area contributed by atoms with Crippen LogP contribution >= 0.6 is 0 Å². The van der Waals surface area contributed by atoms with Crippen LogP contribution in [-0.4, -0.2) is 68.2 Å². The molecule has 2 rings (SSSR count). The molecule has 0 atom stereocenters. The van der Waals surface area contributed by atoms with E-state index < -0.39 is 0 Å². The average molecular weight is 268 g/mol. The lowest BCUT2D eigenvalue weighted by Crippen LogP contribution is -2.52. The number of hydrogen-bond donors (Lipinski definition) is 1. The lowest BCUT2D eigenvalue weighted by atomic mass is 9.89. The molecule has 2 aliphatic heterocycles. The van der Waals surface area contributed by atoms with Gasteiger partial charge in [0, 0.05) is 31.8 Å². The van der Waals surface area contributed by atoms with Crippen molar-refractivity contribution in [1.82, 2.24) is 9.80 Å². The van der Waals surface area contributed by atoms with Gasteiger partial charge in [0.15, 0.2) is 5.96 Å². The molecule has 0 aromatic rings. The molecule has 19 heavy (non-hydrogen) atoms. The summed E-state index contributed by atoms with van der Waals surface area (Å²) < 4.78 is 5.48. The number of likely N-dealkylation sites (N-methyl/N-ethyl adjacent to an activating group) is 1. The number of piperidine rings is 1. The standard InChI is InChI=1S/C14H28N4O/c1-17(2)14(6-10-19-11-7-14)12-16-13(15)18-8-4-3-5-9-18/h3-12H2,1-2H3,(H2,15,16). The van der Waals surface area contributed by atoms with Crippen LogP contribution in [0.1, 0.15) is 32.1 Å². The van der Waals surface area contributed by atoms with Gasteiger partial charge in [0.2, 0.25) is 0 Å². The highest BCUT2D eigenvalue weighted by atomic mass is 16.5. The van der Waals surface area contributed by atoms with Crippen LogP contribution in [0, 0.1) is 0 Å². The van der Waals surface area contributed by atoms with Crippen LogP contribution in [0.5, 0.6) is 0 Å². The predicted octanol–water partition coefficient (Wildman–Crippen LogP) is 0.898. The molecular formula is C14H28N4O. The van der Waals surface area contributed by atoms with Gasteiger partial charge in [0.25, 0.3) is 0 Å². The number of aliphatic imine (C=N–C) groups is 1. The summed E-state index contributed by atoms with van der Waals surface area (Å²) in [7, 11) is 4.27. The average Bonchev–Trinajstić information content (AvgIpc) is 2.46. The molecule has 0 amide bonds. The first-order valence-electron chi connectivity index (χ1n) is 7.44. The summed E-state index contributed by atoms with van der Waals surface area (Å²) in [6.45, 7) is 4.57. The Hall–Kier alpha value is -0.810. The second-order valence-corrected chi connectivity index (χ2v) is 5.95. The maximum absolute atomic E-state index is 6.15. The van der Waals surface area contributed by atoms with Crippen molar-refractivity contribution >= 4 is 5.96 Å². The number of ether oxygens (including phenoxy) is 1. The Bertz CT molecular complexity index is 305. The largest absolute Gasteiger partial charge is 0.381 e. The number of rotatable bonds is 3. The van der Waals surface area contributed by atoms with Gasteiger partial charge in [0.1, 0.15) is 0 Å². The maximum atomic E-state index is 6.15. The minimum absolute atomic E-state index is 0.124. The van der Waals surface area contributed by atoms with Crippen LogP contribution in [0.3, 0.4) is 0 Å². The summed E-state index contributed by atoms with van der Waals surface area (Å²) >= 11 is 0. The van der Waals surface area contributed by atoms with E-state index in [-0.39, 0.29) is 5.54 Å². The molecule has 0 aromatic carbocycles. The molecule has 5 heteroatoms. The molecule has 5 nitrogen and oxygen atoms in total. The van der Waals surface area contributed by atoms with Crippen LogP contribution in [0.25, 0.3) is 0 Å². The van der Waals surface area contributed by atoms with Gasteiger partial charge in [-0.1, -0.05) is 0 Å². The zero-order valence-corrected chi connectivity index (χ0v) is 12.4. The monoisotopic (exact) mass is 268 g/mol. The second kappa shape index (κ2) is 6.57. The van der Waals surface area contributed by atoms with Gasteiger partial charge in [-0.15, -0.1) is 0 Å². The van der Waals surface area contributed by atoms with E-state index in [2.05, 4.69) is 28.9 Å². The molecule has 0 radical (unpaired) electrons. The van der Waals surface area contributed by atoms with Crippen molar-refractivity contribution in [3.63, 3.8) is 0 Å². The van der Waals surface area contributed by atoms with E-state index in [4.69, 9.17) is 10.5 Å². The number of hydrogen-bond acceptors (Lipinski definition) is 3. The summed E-state index contributed by atoms with van der Waals surface area (Å²) in [6, 6.07) is 0. The second-order valence-electron chi connectivity index (χ2n) is 5.95. The van der Waals surface area contributed by atoms with Gasteiger partial charge in [-0.3, -0.25) is 4.99 Å². The topological polar surface area (TPSA) is 54.1 Å². The molecular weight excluding hydrogens is 240 g/mol.